The fourth-order valence-electron chi connectivity index (χ4n) is 2.39. The van der Waals surface area contributed by atoms with Gasteiger partial charge >= 0.3 is 0 Å². The van der Waals surface area contributed by atoms with Crippen molar-refractivity contribution in [3.05, 3.63) is 53.6 Å². The van der Waals surface area contributed by atoms with Crippen molar-refractivity contribution < 1.29 is 4.79 Å². The summed E-state index contributed by atoms with van der Waals surface area (Å²) in [6.45, 7) is 0. The van der Waals surface area contributed by atoms with Crippen LogP contribution in [0.2, 0.25) is 0 Å². The topological polar surface area (TPSA) is 34.9 Å². The summed E-state index contributed by atoms with van der Waals surface area (Å²) in [6, 6.07) is 6.06. The zero-order valence-electron chi connectivity index (χ0n) is 9.60. The third kappa shape index (κ3) is 1.88. The molecule has 0 spiro atoms. The van der Waals surface area contributed by atoms with Crippen LogP contribution in [0.5, 0.6) is 0 Å². The largest absolute Gasteiger partial charge is 0.272 e. The van der Waals surface area contributed by atoms with Crippen LogP contribution in [0.3, 0.4) is 0 Å². The van der Waals surface area contributed by atoms with Crippen LogP contribution in [-0.2, 0) is 12.8 Å². The summed E-state index contributed by atoms with van der Waals surface area (Å²) < 4.78 is 1.52. The van der Waals surface area contributed by atoms with Gasteiger partial charge in [0.05, 0.1) is 0 Å². The highest BCUT2D eigenvalue weighted by Gasteiger charge is 2.13. The van der Waals surface area contributed by atoms with E-state index in [-0.39, 0.29) is 5.91 Å². The third-order valence-corrected chi connectivity index (χ3v) is 3.33. The molecule has 0 saturated heterocycles. The molecule has 86 valence electrons. The van der Waals surface area contributed by atoms with Gasteiger partial charge < -0.3 is 0 Å². The van der Waals surface area contributed by atoms with Gasteiger partial charge in [0.25, 0.3) is 5.91 Å². The molecule has 0 radical (unpaired) electrons. The molecule has 1 aliphatic rings. The lowest BCUT2D eigenvalue weighted by molar-refractivity contribution is 0.0959. The van der Waals surface area contributed by atoms with Crippen LogP contribution < -0.4 is 0 Å². The second kappa shape index (κ2) is 4.17. The first-order valence-corrected chi connectivity index (χ1v) is 5.99. The highest BCUT2D eigenvalue weighted by molar-refractivity contribution is 5.96. The number of hydrogen-bond donors (Lipinski definition) is 0. The fourth-order valence-corrected chi connectivity index (χ4v) is 2.39. The summed E-state index contributed by atoms with van der Waals surface area (Å²) in [7, 11) is 0. The van der Waals surface area contributed by atoms with Crippen molar-refractivity contribution in [1.29, 1.82) is 0 Å². The van der Waals surface area contributed by atoms with E-state index in [2.05, 4.69) is 11.1 Å². The van der Waals surface area contributed by atoms with Crippen LogP contribution >= 0.6 is 0 Å². The number of imidazole rings is 1. The van der Waals surface area contributed by atoms with Crippen molar-refractivity contribution in [2.24, 2.45) is 0 Å². The van der Waals surface area contributed by atoms with Crippen LogP contribution in [0, 0.1) is 0 Å². The first-order chi connectivity index (χ1) is 8.34. The molecule has 0 fully saturated rings. The van der Waals surface area contributed by atoms with Crippen LogP contribution in [0.1, 0.15) is 34.3 Å². The minimum atomic E-state index is -0.00382. The normalized spacial score (nSPS) is 14.4. The maximum atomic E-state index is 12.1. The Hall–Kier alpha value is -1.90. The number of benzene rings is 1. The minimum absolute atomic E-state index is 0.00382. The molecule has 1 aromatic heterocycles. The average Bonchev–Trinajstić information content (AvgIpc) is 2.91. The van der Waals surface area contributed by atoms with Gasteiger partial charge in [-0.15, -0.1) is 0 Å². The number of nitrogens with zero attached hydrogens (tertiary/aromatic N) is 2. The minimum Gasteiger partial charge on any atom is -0.272 e. The smallest absolute Gasteiger partial charge is 0.263 e. The Morgan fingerprint density at radius 3 is 2.76 bits per heavy atom. The number of hydrogen-bond acceptors (Lipinski definition) is 2. The molecule has 2 aromatic rings. The Morgan fingerprint density at radius 2 is 2.00 bits per heavy atom. The maximum absolute atomic E-state index is 12.1. The Labute approximate surface area is 100 Å². The van der Waals surface area contributed by atoms with Gasteiger partial charge in [0.2, 0.25) is 0 Å². The van der Waals surface area contributed by atoms with Crippen LogP contribution in [0.15, 0.2) is 36.9 Å². The van der Waals surface area contributed by atoms with Crippen molar-refractivity contribution in [2.45, 2.75) is 25.7 Å². The first-order valence-electron chi connectivity index (χ1n) is 5.99. The first kappa shape index (κ1) is 10.3. The Balaban J connectivity index is 1.96. The molecule has 0 amide bonds. The molecule has 1 aromatic carbocycles. The van der Waals surface area contributed by atoms with Crippen molar-refractivity contribution in [1.82, 2.24) is 9.55 Å². The Kier molecular flexibility index (Phi) is 2.52. The van der Waals surface area contributed by atoms with Gasteiger partial charge in [0.1, 0.15) is 6.33 Å². The summed E-state index contributed by atoms with van der Waals surface area (Å²) in [5, 5.41) is 0. The lowest BCUT2D eigenvalue weighted by atomic mass is 9.90. The monoisotopic (exact) mass is 226 g/mol. The molecule has 0 atom stereocenters. The van der Waals surface area contributed by atoms with Gasteiger partial charge in [-0.1, -0.05) is 6.07 Å². The quantitative estimate of drug-likeness (QED) is 0.748. The van der Waals surface area contributed by atoms with Gasteiger partial charge in [0.15, 0.2) is 0 Å². The molecule has 3 rings (SSSR count). The fraction of sp³-hybridized carbons (Fsp3) is 0.286. The van der Waals surface area contributed by atoms with Gasteiger partial charge in [-0.2, -0.15) is 0 Å². The van der Waals surface area contributed by atoms with E-state index in [1.165, 1.54) is 28.5 Å². The lowest BCUT2D eigenvalue weighted by Gasteiger charge is -2.16. The van der Waals surface area contributed by atoms with E-state index < -0.39 is 0 Å². The van der Waals surface area contributed by atoms with Crippen LogP contribution in [-0.4, -0.2) is 15.5 Å². The van der Waals surface area contributed by atoms with E-state index in [0.717, 1.165) is 18.4 Å². The summed E-state index contributed by atoms with van der Waals surface area (Å²) in [6.07, 6.45) is 9.59. The van der Waals surface area contributed by atoms with E-state index in [1.807, 2.05) is 12.1 Å². The number of aromatic nitrogens is 2. The molecule has 1 heterocycles. The Morgan fingerprint density at radius 1 is 1.18 bits per heavy atom. The molecule has 0 N–H and O–H groups in total. The van der Waals surface area contributed by atoms with E-state index in [4.69, 9.17) is 0 Å². The molecule has 3 heteroatoms. The van der Waals surface area contributed by atoms with E-state index in [9.17, 15) is 4.79 Å². The van der Waals surface area contributed by atoms with Crippen molar-refractivity contribution in [3.8, 4) is 0 Å². The van der Waals surface area contributed by atoms with Gasteiger partial charge in [-0.3, -0.25) is 9.36 Å². The van der Waals surface area contributed by atoms with Crippen molar-refractivity contribution >= 4 is 5.91 Å². The highest BCUT2D eigenvalue weighted by Crippen LogP contribution is 2.22. The van der Waals surface area contributed by atoms with E-state index in [1.54, 1.807) is 18.7 Å². The predicted molar refractivity (Wildman–Crippen MR) is 65.0 cm³/mol. The second-order valence-electron chi connectivity index (χ2n) is 4.47. The molecule has 1 aliphatic carbocycles. The molecular weight excluding hydrogens is 212 g/mol. The number of carbonyl (C=O) groups excluding carboxylic acids is 1. The third-order valence-electron chi connectivity index (χ3n) is 3.33. The van der Waals surface area contributed by atoms with Crippen molar-refractivity contribution in [2.75, 3.05) is 0 Å². The maximum Gasteiger partial charge on any atom is 0.263 e. The number of aryl methyl sites for hydroxylation is 2. The highest BCUT2D eigenvalue weighted by atomic mass is 16.2. The lowest BCUT2D eigenvalue weighted by Crippen LogP contribution is -2.12. The zero-order valence-corrected chi connectivity index (χ0v) is 9.60. The number of carbonyl (C=O) groups is 1. The Bertz CT molecular complexity index is 543. The van der Waals surface area contributed by atoms with Gasteiger partial charge in [-0.25, -0.2) is 4.98 Å². The predicted octanol–water partition coefficient (Wildman–Crippen LogP) is 2.45. The molecule has 17 heavy (non-hydrogen) atoms. The average molecular weight is 226 g/mol. The summed E-state index contributed by atoms with van der Waals surface area (Å²) in [5.74, 6) is -0.00382. The molecule has 0 aliphatic heterocycles. The van der Waals surface area contributed by atoms with E-state index >= 15 is 0 Å². The molecule has 0 unspecified atom stereocenters. The zero-order chi connectivity index (χ0) is 11.7. The summed E-state index contributed by atoms with van der Waals surface area (Å²) in [5.41, 5.74) is 3.49. The SMILES string of the molecule is O=C(c1ccc2c(c1)CCCC2)n1ccnc1. The summed E-state index contributed by atoms with van der Waals surface area (Å²) in [4.78, 5) is 16.0. The van der Waals surface area contributed by atoms with Crippen molar-refractivity contribution in [3.63, 3.8) is 0 Å². The van der Waals surface area contributed by atoms with Crippen LogP contribution in [0.25, 0.3) is 0 Å². The molecule has 0 bridgehead atoms. The standard InChI is InChI=1S/C14H14N2O/c17-14(16-8-7-15-10-16)13-6-5-11-3-1-2-4-12(11)9-13/h5-10H,1-4H2. The second-order valence-corrected chi connectivity index (χ2v) is 4.47. The summed E-state index contributed by atoms with van der Waals surface area (Å²) >= 11 is 0. The van der Waals surface area contributed by atoms with E-state index in [0.29, 0.717) is 0 Å². The van der Waals surface area contributed by atoms with Gasteiger partial charge in [-0.05, 0) is 48.9 Å². The molecule has 0 saturated carbocycles. The van der Waals surface area contributed by atoms with Gasteiger partial charge in [0, 0.05) is 18.0 Å². The van der Waals surface area contributed by atoms with Crippen LogP contribution in [0.4, 0.5) is 0 Å². The molecular formula is C14H14N2O. The number of fused-ring (bicyclic) bond motifs is 1. The molecule has 3 nitrogen and oxygen atoms in total. The number of rotatable bonds is 1.